The molecule has 0 radical (unpaired) electrons. The fraction of sp³-hybridized carbons (Fsp3) is 0.300. The zero-order valence-corrected chi connectivity index (χ0v) is 9.61. The number of aromatic nitrogens is 3. The molecule has 2 heterocycles. The van der Waals surface area contributed by atoms with E-state index in [0.717, 1.165) is 4.88 Å². The lowest BCUT2D eigenvalue weighted by molar-refractivity contribution is 0.0526. The second-order valence-corrected chi connectivity index (χ2v) is 4.20. The van der Waals surface area contributed by atoms with Gasteiger partial charge in [-0.3, -0.25) is 0 Å². The zero-order chi connectivity index (χ0) is 11.4. The summed E-state index contributed by atoms with van der Waals surface area (Å²) in [5.74, 6) is -0.357. The van der Waals surface area contributed by atoms with Crippen molar-refractivity contribution >= 4 is 17.3 Å². The van der Waals surface area contributed by atoms with Gasteiger partial charge in [0.2, 0.25) is 5.01 Å². The van der Waals surface area contributed by atoms with Crippen LogP contribution in [0.2, 0.25) is 0 Å². The second-order valence-electron chi connectivity index (χ2n) is 3.09. The summed E-state index contributed by atoms with van der Waals surface area (Å²) in [5, 5.41) is 0.400. The molecule has 0 N–H and O–H groups in total. The smallest absolute Gasteiger partial charge is 0.367 e. The number of hydrogen-bond acceptors (Lipinski definition) is 5. The number of carbonyl (C=O) groups excluding carboxylic acids is 1. The summed E-state index contributed by atoms with van der Waals surface area (Å²) in [4.78, 5) is 20.3. The summed E-state index contributed by atoms with van der Waals surface area (Å²) >= 11 is 1.34. The van der Waals surface area contributed by atoms with Gasteiger partial charge in [-0.1, -0.05) is 0 Å². The summed E-state index contributed by atoms with van der Waals surface area (Å²) in [6, 6.07) is 0. The van der Waals surface area contributed by atoms with E-state index in [4.69, 9.17) is 4.74 Å². The van der Waals surface area contributed by atoms with E-state index in [2.05, 4.69) is 9.97 Å². The first-order chi connectivity index (χ1) is 7.79. The van der Waals surface area contributed by atoms with Crippen LogP contribution in [0.1, 0.15) is 21.6 Å². The minimum atomic E-state index is -0.357. The van der Waals surface area contributed by atoms with Crippen LogP contribution in [0.3, 0.4) is 0 Å². The Kier molecular flexibility index (Phi) is 3.31. The Hall–Kier alpha value is -1.69. The van der Waals surface area contributed by atoms with Crippen molar-refractivity contribution in [3.63, 3.8) is 0 Å². The van der Waals surface area contributed by atoms with Crippen molar-refractivity contribution in [3.05, 3.63) is 34.8 Å². The molecule has 0 atom stereocenters. The van der Waals surface area contributed by atoms with Gasteiger partial charge in [0, 0.05) is 23.5 Å². The monoisotopic (exact) mass is 237 g/mol. The van der Waals surface area contributed by atoms with E-state index in [1.807, 2.05) is 10.8 Å². The average molecular weight is 237 g/mol. The quantitative estimate of drug-likeness (QED) is 0.757. The molecule has 0 bridgehead atoms. The van der Waals surface area contributed by atoms with Crippen LogP contribution in [0.25, 0.3) is 0 Å². The van der Waals surface area contributed by atoms with E-state index in [9.17, 15) is 4.79 Å². The molecule has 2 aromatic heterocycles. The predicted molar refractivity (Wildman–Crippen MR) is 59.4 cm³/mol. The molecule has 0 saturated heterocycles. The van der Waals surface area contributed by atoms with Gasteiger partial charge in [-0.05, 0) is 6.92 Å². The lowest BCUT2D eigenvalue weighted by atomic mass is 10.5. The minimum Gasteiger partial charge on any atom is -0.461 e. The Labute approximate surface area is 96.7 Å². The Balaban J connectivity index is 2.05. The van der Waals surface area contributed by atoms with Gasteiger partial charge in [-0.25, -0.2) is 14.8 Å². The molecule has 16 heavy (non-hydrogen) atoms. The second kappa shape index (κ2) is 4.89. The predicted octanol–water partition coefficient (Wildman–Crippen LogP) is 1.56. The number of nitrogens with zero attached hydrogens (tertiary/aromatic N) is 3. The summed E-state index contributed by atoms with van der Waals surface area (Å²) in [7, 11) is 0. The van der Waals surface area contributed by atoms with Gasteiger partial charge in [0.25, 0.3) is 0 Å². The number of thiazole rings is 1. The summed E-state index contributed by atoms with van der Waals surface area (Å²) in [6.07, 6.45) is 7.00. The molecule has 2 aromatic rings. The van der Waals surface area contributed by atoms with Gasteiger partial charge in [0.15, 0.2) is 0 Å². The standard InChI is InChI=1S/C10H11N3O2S/c1-2-15-10(14)9-12-5-8(16-9)6-13-4-3-11-7-13/h3-5,7H,2,6H2,1H3. The molecule has 5 nitrogen and oxygen atoms in total. The van der Waals surface area contributed by atoms with Gasteiger partial charge in [0.1, 0.15) is 0 Å². The molecule has 0 aliphatic heterocycles. The highest BCUT2D eigenvalue weighted by Gasteiger charge is 2.11. The van der Waals surface area contributed by atoms with Gasteiger partial charge in [-0.2, -0.15) is 0 Å². The maximum absolute atomic E-state index is 11.4. The molecule has 2 rings (SSSR count). The average Bonchev–Trinajstić information content (AvgIpc) is 2.90. The molecule has 0 aromatic carbocycles. The number of esters is 1. The Morgan fingerprint density at radius 2 is 2.50 bits per heavy atom. The molecular weight excluding hydrogens is 226 g/mol. The van der Waals surface area contributed by atoms with Gasteiger partial charge in [0.05, 0.1) is 19.5 Å². The van der Waals surface area contributed by atoms with Crippen LogP contribution in [-0.2, 0) is 11.3 Å². The van der Waals surface area contributed by atoms with Gasteiger partial charge < -0.3 is 9.30 Å². The molecule has 0 amide bonds. The minimum absolute atomic E-state index is 0.357. The van der Waals surface area contributed by atoms with Crippen molar-refractivity contribution in [2.75, 3.05) is 6.61 Å². The lowest BCUT2D eigenvalue weighted by Gasteiger charge is -1.97. The third-order valence-corrected chi connectivity index (χ3v) is 2.86. The van der Waals surface area contributed by atoms with Crippen LogP contribution in [0.5, 0.6) is 0 Å². The van der Waals surface area contributed by atoms with Crippen LogP contribution < -0.4 is 0 Å². The van der Waals surface area contributed by atoms with Crippen LogP contribution >= 0.6 is 11.3 Å². The number of rotatable bonds is 4. The van der Waals surface area contributed by atoms with Crippen LogP contribution in [0.4, 0.5) is 0 Å². The molecule has 0 spiro atoms. The van der Waals surface area contributed by atoms with Crippen molar-refractivity contribution in [2.24, 2.45) is 0 Å². The molecule has 0 unspecified atom stereocenters. The fourth-order valence-corrected chi connectivity index (χ4v) is 2.04. The number of imidazole rings is 1. The Morgan fingerprint density at radius 1 is 1.62 bits per heavy atom. The first-order valence-electron chi connectivity index (χ1n) is 4.87. The number of hydrogen-bond donors (Lipinski definition) is 0. The molecule has 84 valence electrons. The van der Waals surface area contributed by atoms with Crippen molar-refractivity contribution < 1.29 is 9.53 Å². The molecular formula is C10H11N3O2S. The fourth-order valence-electron chi connectivity index (χ4n) is 1.23. The summed E-state index contributed by atoms with van der Waals surface area (Å²) in [6.45, 7) is 2.82. The van der Waals surface area contributed by atoms with Crippen molar-refractivity contribution in [1.82, 2.24) is 14.5 Å². The summed E-state index contributed by atoms with van der Waals surface area (Å²) in [5.41, 5.74) is 0. The van der Waals surface area contributed by atoms with Gasteiger partial charge in [-0.15, -0.1) is 11.3 Å². The SMILES string of the molecule is CCOC(=O)c1ncc(Cn2ccnc2)s1. The first kappa shape index (κ1) is 10.8. The molecule has 0 fully saturated rings. The molecule has 0 aliphatic rings. The van der Waals surface area contributed by atoms with E-state index in [-0.39, 0.29) is 5.97 Å². The largest absolute Gasteiger partial charge is 0.461 e. The lowest BCUT2D eigenvalue weighted by Crippen LogP contribution is -2.03. The van der Waals surface area contributed by atoms with Crippen molar-refractivity contribution in [1.29, 1.82) is 0 Å². The van der Waals surface area contributed by atoms with E-state index >= 15 is 0 Å². The third kappa shape index (κ3) is 2.46. The zero-order valence-electron chi connectivity index (χ0n) is 8.79. The molecule has 6 heteroatoms. The normalized spacial score (nSPS) is 10.3. The number of carbonyl (C=O) groups is 1. The third-order valence-electron chi connectivity index (χ3n) is 1.90. The van der Waals surface area contributed by atoms with Crippen molar-refractivity contribution in [3.8, 4) is 0 Å². The highest BCUT2D eigenvalue weighted by Crippen LogP contribution is 2.15. The maximum atomic E-state index is 11.4. The Morgan fingerprint density at radius 3 is 3.19 bits per heavy atom. The van der Waals surface area contributed by atoms with E-state index < -0.39 is 0 Å². The van der Waals surface area contributed by atoms with Crippen LogP contribution in [0.15, 0.2) is 24.9 Å². The highest BCUT2D eigenvalue weighted by molar-refractivity contribution is 7.13. The topological polar surface area (TPSA) is 57.0 Å². The van der Waals surface area contributed by atoms with Crippen molar-refractivity contribution in [2.45, 2.75) is 13.5 Å². The van der Waals surface area contributed by atoms with Crippen LogP contribution in [-0.4, -0.2) is 27.1 Å². The first-order valence-corrected chi connectivity index (χ1v) is 5.69. The molecule has 0 aliphatic carbocycles. The van der Waals surface area contributed by atoms with E-state index in [0.29, 0.717) is 18.2 Å². The maximum Gasteiger partial charge on any atom is 0.367 e. The van der Waals surface area contributed by atoms with Crippen LogP contribution in [0, 0.1) is 0 Å². The van der Waals surface area contributed by atoms with E-state index in [1.165, 1.54) is 11.3 Å². The highest BCUT2D eigenvalue weighted by atomic mass is 32.1. The van der Waals surface area contributed by atoms with Gasteiger partial charge >= 0.3 is 5.97 Å². The Bertz CT molecular complexity index is 464. The number of ether oxygens (including phenoxy) is 1. The van der Waals surface area contributed by atoms with E-state index in [1.54, 1.807) is 25.6 Å². The summed E-state index contributed by atoms with van der Waals surface area (Å²) < 4.78 is 6.79. The molecule has 0 saturated carbocycles.